The van der Waals surface area contributed by atoms with Crippen molar-refractivity contribution in [3.8, 4) is 0 Å². The smallest absolute Gasteiger partial charge is 0.409 e. The van der Waals surface area contributed by atoms with Crippen LogP contribution in [0, 0.1) is 0 Å². The van der Waals surface area contributed by atoms with E-state index in [4.69, 9.17) is 4.74 Å². The largest absolute Gasteiger partial charge is 0.449 e. The normalized spacial score (nSPS) is 11.8. The molecule has 0 aliphatic carbocycles. The van der Waals surface area contributed by atoms with Gasteiger partial charge in [-0.3, -0.25) is 0 Å². The first-order valence-electron chi connectivity index (χ1n) is 17.5. The molecule has 0 aliphatic heterocycles. The van der Waals surface area contributed by atoms with Gasteiger partial charge < -0.3 is 14.5 Å². The molecule has 1 amide bonds. The lowest BCUT2D eigenvalue weighted by molar-refractivity contribution is 0.0984. The fourth-order valence-electron chi connectivity index (χ4n) is 5.00. The maximum atomic E-state index is 12.8. The number of ether oxygens (including phenoxy) is 1. The fourth-order valence-corrected chi connectivity index (χ4v) is 5.00. The molecule has 0 unspecified atom stereocenters. The van der Waals surface area contributed by atoms with Crippen LogP contribution in [-0.4, -0.2) is 56.2 Å². The summed E-state index contributed by atoms with van der Waals surface area (Å²) in [7, 11) is 4.19. The van der Waals surface area contributed by atoms with E-state index >= 15 is 0 Å². The number of allylic oxidation sites excluding steroid dienone is 4. The Morgan fingerprint density at radius 1 is 0.525 bits per heavy atom. The van der Waals surface area contributed by atoms with Crippen LogP contribution in [0.4, 0.5) is 4.79 Å². The zero-order valence-corrected chi connectivity index (χ0v) is 27.6. The quantitative estimate of drug-likeness (QED) is 0.0644. The fraction of sp³-hybridized carbons (Fsp3) is 0.861. The molecule has 0 N–H and O–H groups in total. The Morgan fingerprint density at radius 3 is 1.55 bits per heavy atom. The van der Waals surface area contributed by atoms with Gasteiger partial charge in [0.15, 0.2) is 0 Å². The van der Waals surface area contributed by atoms with Gasteiger partial charge in [-0.2, -0.15) is 0 Å². The van der Waals surface area contributed by atoms with E-state index in [1.54, 1.807) is 0 Å². The van der Waals surface area contributed by atoms with Gasteiger partial charge in [0.1, 0.15) is 0 Å². The van der Waals surface area contributed by atoms with Gasteiger partial charge in [0.2, 0.25) is 0 Å². The Kier molecular flexibility index (Phi) is 31.2. The average Bonchev–Trinajstić information content (AvgIpc) is 2.94. The van der Waals surface area contributed by atoms with Crippen LogP contribution < -0.4 is 0 Å². The number of nitrogens with zero attached hydrogens (tertiary/aromatic N) is 2. The second-order valence-electron chi connectivity index (χ2n) is 12.0. The topological polar surface area (TPSA) is 32.8 Å². The SMILES string of the molecule is CCCCC/C=C\C/C=C\CCCCCCCCOC(=O)N(CCCCCCCCCCCC)CCCN(C)C. The standard InChI is InChI=1S/C36H70N2O2/c1-5-7-9-11-13-15-17-18-19-20-21-22-24-26-28-30-35-40-36(39)38(34-31-32-37(3)4)33-29-27-25-23-16-14-12-10-8-6-2/h13,15,18-19H,5-12,14,16-17,20-35H2,1-4H3/b15-13-,19-18-. The molecule has 0 atom stereocenters. The van der Waals surface area contributed by atoms with Gasteiger partial charge in [-0.1, -0.05) is 134 Å². The highest BCUT2D eigenvalue weighted by Gasteiger charge is 2.14. The summed E-state index contributed by atoms with van der Waals surface area (Å²) in [5.74, 6) is 0. The Hall–Kier alpha value is -1.29. The van der Waals surface area contributed by atoms with Crippen LogP contribution >= 0.6 is 0 Å². The van der Waals surface area contributed by atoms with Crippen molar-refractivity contribution in [3.63, 3.8) is 0 Å². The second-order valence-corrected chi connectivity index (χ2v) is 12.0. The Bertz CT molecular complexity index is 573. The van der Waals surface area contributed by atoms with Crippen molar-refractivity contribution in [1.82, 2.24) is 9.80 Å². The van der Waals surface area contributed by atoms with Crippen molar-refractivity contribution >= 4 is 6.09 Å². The van der Waals surface area contributed by atoms with E-state index in [1.807, 2.05) is 4.90 Å². The van der Waals surface area contributed by atoms with Gasteiger partial charge in [0.25, 0.3) is 0 Å². The number of carbonyl (C=O) groups excluding carboxylic acids is 1. The molecule has 0 rings (SSSR count). The van der Waals surface area contributed by atoms with Gasteiger partial charge >= 0.3 is 6.09 Å². The first-order chi connectivity index (χ1) is 19.6. The maximum Gasteiger partial charge on any atom is 0.409 e. The number of unbranched alkanes of at least 4 members (excludes halogenated alkanes) is 18. The molecule has 4 heteroatoms. The number of hydrogen-bond donors (Lipinski definition) is 0. The molecule has 0 aromatic heterocycles. The van der Waals surface area contributed by atoms with Gasteiger partial charge in [0, 0.05) is 13.1 Å². The van der Waals surface area contributed by atoms with Crippen LogP contribution in [-0.2, 0) is 4.74 Å². The Labute approximate surface area is 251 Å². The lowest BCUT2D eigenvalue weighted by Crippen LogP contribution is -2.35. The van der Waals surface area contributed by atoms with Gasteiger partial charge in [-0.25, -0.2) is 4.79 Å². The van der Waals surface area contributed by atoms with E-state index in [9.17, 15) is 4.79 Å². The average molecular weight is 563 g/mol. The number of rotatable bonds is 30. The summed E-state index contributed by atoms with van der Waals surface area (Å²) in [6.45, 7) is 7.75. The van der Waals surface area contributed by atoms with Crippen LogP contribution in [0.15, 0.2) is 24.3 Å². The highest BCUT2D eigenvalue weighted by Crippen LogP contribution is 2.12. The Morgan fingerprint density at radius 2 is 0.975 bits per heavy atom. The minimum absolute atomic E-state index is 0.0997. The van der Waals surface area contributed by atoms with Crippen LogP contribution in [0.3, 0.4) is 0 Å². The highest BCUT2D eigenvalue weighted by atomic mass is 16.6. The molecule has 0 aromatic carbocycles. The molecule has 0 spiro atoms. The van der Waals surface area contributed by atoms with Gasteiger partial charge in [-0.15, -0.1) is 0 Å². The van der Waals surface area contributed by atoms with E-state index in [2.05, 4.69) is 57.1 Å². The van der Waals surface area contributed by atoms with Crippen molar-refractivity contribution < 1.29 is 9.53 Å². The molecule has 0 saturated heterocycles. The van der Waals surface area contributed by atoms with E-state index in [-0.39, 0.29) is 6.09 Å². The maximum absolute atomic E-state index is 12.8. The van der Waals surface area contributed by atoms with Crippen molar-refractivity contribution in [2.75, 3.05) is 40.3 Å². The molecule has 0 heterocycles. The molecule has 0 bridgehead atoms. The van der Waals surface area contributed by atoms with Crippen LogP contribution in [0.1, 0.15) is 162 Å². The molecular formula is C36H70N2O2. The van der Waals surface area contributed by atoms with Crippen molar-refractivity contribution in [3.05, 3.63) is 24.3 Å². The zero-order valence-electron chi connectivity index (χ0n) is 27.6. The summed E-state index contributed by atoms with van der Waals surface area (Å²) in [6, 6.07) is 0. The van der Waals surface area contributed by atoms with Crippen LogP contribution in [0.5, 0.6) is 0 Å². The number of carbonyl (C=O) groups is 1. The molecule has 0 aliphatic rings. The summed E-state index contributed by atoms with van der Waals surface area (Å²) in [5.41, 5.74) is 0. The summed E-state index contributed by atoms with van der Waals surface area (Å²) in [5, 5.41) is 0. The van der Waals surface area contributed by atoms with E-state index in [1.165, 1.54) is 116 Å². The van der Waals surface area contributed by atoms with Crippen LogP contribution in [0.2, 0.25) is 0 Å². The monoisotopic (exact) mass is 563 g/mol. The first kappa shape index (κ1) is 38.7. The predicted molar refractivity (Wildman–Crippen MR) is 177 cm³/mol. The minimum Gasteiger partial charge on any atom is -0.449 e. The lowest BCUT2D eigenvalue weighted by Gasteiger charge is -2.23. The van der Waals surface area contributed by atoms with Gasteiger partial charge in [-0.05, 0) is 72.0 Å². The molecule has 4 nitrogen and oxygen atoms in total. The Balaban J connectivity index is 3.84. The predicted octanol–water partition coefficient (Wildman–Crippen LogP) is 11.1. The second kappa shape index (κ2) is 32.2. The van der Waals surface area contributed by atoms with Crippen molar-refractivity contribution in [2.45, 2.75) is 162 Å². The molecule has 0 radical (unpaired) electrons. The van der Waals surface area contributed by atoms with Crippen molar-refractivity contribution in [2.24, 2.45) is 0 Å². The van der Waals surface area contributed by atoms with E-state index in [0.717, 1.165) is 51.7 Å². The molecule has 0 aromatic rings. The summed E-state index contributed by atoms with van der Waals surface area (Å²) in [4.78, 5) is 16.9. The molecule has 0 fully saturated rings. The number of amides is 1. The summed E-state index contributed by atoms with van der Waals surface area (Å²) >= 11 is 0. The van der Waals surface area contributed by atoms with Gasteiger partial charge in [0.05, 0.1) is 6.61 Å². The molecule has 40 heavy (non-hydrogen) atoms. The van der Waals surface area contributed by atoms with E-state index in [0.29, 0.717) is 6.61 Å². The third kappa shape index (κ3) is 29.7. The van der Waals surface area contributed by atoms with Crippen molar-refractivity contribution in [1.29, 1.82) is 0 Å². The zero-order chi connectivity index (χ0) is 29.4. The lowest BCUT2D eigenvalue weighted by atomic mass is 10.1. The summed E-state index contributed by atoms with van der Waals surface area (Å²) in [6.07, 6.45) is 38.1. The first-order valence-corrected chi connectivity index (χ1v) is 17.5. The highest BCUT2D eigenvalue weighted by molar-refractivity contribution is 5.67. The summed E-state index contributed by atoms with van der Waals surface area (Å²) < 4.78 is 5.68. The van der Waals surface area contributed by atoms with E-state index < -0.39 is 0 Å². The molecular weight excluding hydrogens is 492 g/mol. The molecule has 0 saturated carbocycles. The minimum atomic E-state index is -0.0997. The van der Waals surface area contributed by atoms with Crippen LogP contribution in [0.25, 0.3) is 0 Å². The third-order valence-electron chi connectivity index (χ3n) is 7.64. The third-order valence-corrected chi connectivity index (χ3v) is 7.64. The molecule has 236 valence electrons. The number of hydrogen-bond acceptors (Lipinski definition) is 3.